The summed E-state index contributed by atoms with van der Waals surface area (Å²) in [5.41, 5.74) is 0. The molecular weight excluding hydrogens is 215 g/mol. The van der Waals surface area contributed by atoms with Gasteiger partial charge in [-0.05, 0) is 12.3 Å². The van der Waals surface area contributed by atoms with Gasteiger partial charge in [0, 0.05) is 0 Å². The number of hydrogen-bond acceptors (Lipinski definition) is 3. The second-order valence-electron chi connectivity index (χ2n) is 2.91. The van der Waals surface area contributed by atoms with Crippen LogP contribution in [0.5, 0.6) is 0 Å². The van der Waals surface area contributed by atoms with Gasteiger partial charge in [0.05, 0.1) is 18.0 Å². The normalized spacial score (nSPS) is 14.7. The molecule has 0 aromatic rings. The third-order valence-electron chi connectivity index (χ3n) is 1.94. The van der Waals surface area contributed by atoms with Gasteiger partial charge >= 0.3 is 51.4 Å². The van der Waals surface area contributed by atoms with Crippen LogP contribution in [0.15, 0.2) is 0 Å². The SMILES string of the molecule is CCCCC(CC)COS(=O)[O-].[K+]. The molecule has 74 valence electrons. The second kappa shape index (κ2) is 11.8. The molecule has 0 heterocycles. The average Bonchev–Trinajstić information content (AvgIpc) is 2.05. The molecule has 0 N–H and O–H groups in total. The Balaban J connectivity index is 0. The predicted molar refractivity (Wildman–Crippen MR) is 48.2 cm³/mol. The molecule has 13 heavy (non-hydrogen) atoms. The summed E-state index contributed by atoms with van der Waals surface area (Å²) in [6, 6.07) is 0. The van der Waals surface area contributed by atoms with Crippen molar-refractivity contribution in [2.24, 2.45) is 5.92 Å². The molecule has 0 aliphatic heterocycles. The number of unbranched alkanes of at least 4 members (excludes halogenated alkanes) is 1. The summed E-state index contributed by atoms with van der Waals surface area (Å²) >= 11 is -2.34. The van der Waals surface area contributed by atoms with Crippen molar-refractivity contribution in [2.45, 2.75) is 39.5 Å². The number of hydrogen-bond donors (Lipinski definition) is 0. The van der Waals surface area contributed by atoms with Crippen LogP contribution >= 0.6 is 0 Å². The van der Waals surface area contributed by atoms with Crippen LogP contribution in [0.2, 0.25) is 0 Å². The molecule has 0 fully saturated rings. The minimum absolute atomic E-state index is 0. The average molecular weight is 232 g/mol. The maximum atomic E-state index is 10.1. The van der Waals surface area contributed by atoms with Gasteiger partial charge in [-0.25, -0.2) is 4.21 Å². The van der Waals surface area contributed by atoms with E-state index in [1.54, 1.807) is 0 Å². The standard InChI is InChI=1S/C8H18O3S.K/c1-3-5-6-8(4-2)7-11-12(9)10;/h8H,3-7H2,1-2H3,(H,9,10);/q;+1/p-1. The Hall–Kier alpha value is 1.71. The third kappa shape index (κ3) is 11.6. The van der Waals surface area contributed by atoms with Gasteiger partial charge in [-0.3, -0.25) is 0 Å². The molecule has 0 aromatic heterocycles. The summed E-state index contributed by atoms with van der Waals surface area (Å²) in [4.78, 5) is 0. The van der Waals surface area contributed by atoms with E-state index in [1.807, 2.05) is 0 Å². The zero-order valence-corrected chi connectivity index (χ0v) is 12.7. The van der Waals surface area contributed by atoms with Crippen molar-refractivity contribution in [2.75, 3.05) is 6.61 Å². The molecule has 0 aromatic carbocycles. The van der Waals surface area contributed by atoms with E-state index < -0.39 is 11.4 Å². The van der Waals surface area contributed by atoms with Crippen LogP contribution in [0.1, 0.15) is 39.5 Å². The number of rotatable bonds is 7. The fraction of sp³-hybridized carbons (Fsp3) is 1.00. The van der Waals surface area contributed by atoms with E-state index in [9.17, 15) is 8.76 Å². The smallest absolute Gasteiger partial charge is 0.750 e. The van der Waals surface area contributed by atoms with Crippen LogP contribution in [0.25, 0.3) is 0 Å². The first kappa shape index (κ1) is 17.1. The van der Waals surface area contributed by atoms with E-state index in [1.165, 1.54) is 0 Å². The Bertz CT molecular complexity index is 133. The second-order valence-corrected chi connectivity index (χ2v) is 3.55. The molecule has 0 saturated heterocycles. The Kier molecular flexibility index (Phi) is 15.5. The van der Waals surface area contributed by atoms with Crippen LogP contribution in [0.3, 0.4) is 0 Å². The minimum atomic E-state index is -2.34. The van der Waals surface area contributed by atoms with Gasteiger partial charge in [0.25, 0.3) is 0 Å². The molecule has 0 spiro atoms. The molecule has 0 saturated carbocycles. The molecular formula is C8H17KO3S. The zero-order chi connectivity index (χ0) is 9.40. The van der Waals surface area contributed by atoms with Crippen molar-refractivity contribution in [3.8, 4) is 0 Å². The topological polar surface area (TPSA) is 49.4 Å². The largest absolute Gasteiger partial charge is 1.00 e. The fourth-order valence-corrected chi connectivity index (χ4v) is 1.35. The van der Waals surface area contributed by atoms with Crippen molar-refractivity contribution >= 4 is 11.4 Å². The van der Waals surface area contributed by atoms with E-state index in [2.05, 4.69) is 18.0 Å². The Morgan fingerprint density at radius 2 is 2.08 bits per heavy atom. The molecule has 2 unspecified atom stereocenters. The van der Waals surface area contributed by atoms with Crippen LogP contribution in [-0.4, -0.2) is 15.4 Å². The van der Waals surface area contributed by atoms with Gasteiger partial charge in [0.15, 0.2) is 0 Å². The van der Waals surface area contributed by atoms with E-state index in [-0.39, 0.29) is 51.4 Å². The molecule has 0 radical (unpaired) electrons. The molecule has 0 amide bonds. The molecule has 0 aliphatic rings. The van der Waals surface area contributed by atoms with E-state index in [0.29, 0.717) is 12.5 Å². The first-order valence-electron chi connectivity index (χ1n) is 4.43. The van der Waals surface area contributed by atoms with Crippen LogP contribution in [0, 0.1) is 5.92 Å². The maximum absolute atomic E-state index is 10.1. The molecule has 5 heteroatoms. The van der Waals surface area contributed by atoms with E-state index in [4.69, 9.17) is 0 Å². The maximum Gasteiger partial charge on any atom is 1.00 e. The summed E-state index contributed by atoms with van der Waals surface area (Å²) < 4.78 is 24.7. The van der Waals surface area contributed by atoms with Gasteiger partial charge in [-0.1, -0.05) is 33.1 Å². The third-order valence-corrected chi connectivity index (χ3v) is 2.27. The van der Waals surface area contributed by atoms with Gasteiger partial charge in [0.1, 0.15) is 0 Å². The van der Waals surface area contributed by atoms with Gasteiger partial charge in [0.2, 0.25) is 0 Å². The van der Waals surface area contributed by atoms with Gasteiger partial charge < -0.3 is 8.74 Å². The van der Waals surface area contributed by atoms with Gasteiger partial charge in [-0.15, -0.1) is 0 Å². The van der Waals surface area contributed by atoms with Crippen molar-refractivity contribution in [3.63, 3.8) is 0 Å². The zero-order valence-electron chi connectivity index (χ0n) is 8.75. The first-order valence-corrected chi connectivity index (χ1v) is 5.43. The summed E-state index contributed by atoms with van der Waals surface area (Å²) in [7, 11) is 0. The fourth-order valence-electron chi connectivity index (χ4n) is 1.05. The summed E-state index contributed by atoms with van der Waals surface area (Å²) in [5, 5.41) is 0. The molecule has 0 rings (SSSR count). The Morgan fingerprint density at radius 1 is 1.46 bits per heavy atom. The van der Waals surface area contributed by atoms with Crippen LogP contribution in [0.4, 0.5) is 0 Å². The van der Waals surface area contributed by atoms with Gasteiger partial charge in [-0.2, -0.15) is 0 Å². The van der Waals surface area contributed by atoms with E-state index in [0.717, 1.165) is 25.7 Å². The minimum Gasteiger partial charge on any atom is -0.750 e. The van der Waals surface area contributed by atoms with Crippen molar-refractivity contribution in [3.05, 3.63) is 0 Å². The molecule has 3 nitrogen and oxygen atoms in total. The van der Waals surface area contributed by atoms with Crippen molar-refractivity contribution in [1.82, 2.24) is 0 Å². The van der Waals surface area contributed by atoms with Crippen molar-refractivity contribution in [1.29, 1.82) is 0 Å². The molecule has 0 bridgehead atoms. The summed E-state index contributed by atoms with van der Waals surface area (Å²) in [6.07, 6.45) is 4.34. The van der Waals surface area contributed by atoms with Crippen molar-refractivity contribution < 1.29 is 64.3 Å². The Labute approximate surface area is 126 Å². The summed E-state index contributed by atoms with van der Waals surface area (Å²) in [6.45, 7) is 4.52. The van der Waals surface area contributed by atoms with Crippen LogP contribution < -0.4 is 51.4 Å². The Morgan fingerprint density at radius 3 is 2.46 bits per heavy atom. The van der Waals surface area contributed by atoms with E-state index >= 15 is 0 Å². The molecule has 0 aliphatic carbocycles. The summed E-state index contributed by atoms with van der Waals surface area (Å²) in [5.74, 6) is 0.392. The monoisotopic (exact) mass is 232 g/mol. The molecule has 2 atom stereocenters. The van der Waals surface area contributed by atoms with Crippen LogP contribution in [-0.2, 0) is 15.5 Å². The quantitative estimate of drug-likeness (QED) is 0.419. The first-order chi connectivity index (χ1) is 5.70. The predicted octanol–water partition coefficient (Wildman–Crippen LogP) is -0.982.